The fourth-order valence-electron chi connectivity index (χ4n) is 1.72. The minimum Gasteiger partial charge on any atom is -0.459 e. The van der Waals surface area contributed by atoms with Crippen LogP contribution in [0.25, 0.3) is 0 Å². The zero-order valence-electron chi connectivity index (χ0n) is 12.6. The third-order valence-corrected chi connectivity index (χ3v) is 2.32. The Balaban J connectivity index is 0.000000711. The second kappa shape index (κ2) is 8.42. The molecule has 0 aromatic heterocycles. The molecule has 17 heavy (non-hydrogen) atoms. The van der Waals surface area contributed by atoms with Crippen molar-refractivity contribution in [3.63, 3.8) is 0 Å². The third-order valence-electron chi connectivity index (χ3n) is 2.32. The summed E-state index contributed by atoms with van der Waals surface area (Å²) < 4.78 is 18.6. The Labute approximate surface area is 112 Å². The van der Waals surface area contributed by atoms with Gasteiger partial charge in [-0.15, -0.1) is 6.58 Å². The van der Waals surface area contributed by atoms with E-state index < -0.39 is 12.2 Å². The first kappa shape index (κ1) is 12.8. The first-order valence-corrected chi connectivity index (χ1v) is 6.02. The van der Waals surface area contributed by atoms with E-state index in [1.54, 1.807) is 12.9 Å². The highest BCUT2D eigenvalue weighted by atomic mass is 32.1. The highest BCUT2D eigenvalue weighted by Gasteiger charge is 2.31. The Morgan fingerprint density at radius 2 is 2.59 bits per heavy atom. The van der Waals surface area contributed by atoms with Crippen molar-refractivity contribution in [2.24, 2.45) is 5.92 Å². The van der Waals surface area contributed by atoms with E-state index in [0.29, 0.717) is 6.42 Å². The van der Waals surface area contributed by atoms with Gasteiger partial charge in [0.2, 0.25) is 1.43 Å². The zero-order chi connectivity index (χ0) is 15.0. The summed E-state index contributed by atoms with van der Waals surface area (Å²) >= 11 is 3.63. The fourth-order valence-corrected chi connectivity index (χ4v) is 1.72. The molecule has 96 valence electrons. The number of thiol groups is 1. The molecule has 1 rings (SSSR count). The van der Waals surface area contributed by atoms with Crippen LogP contribution in [0.5, 0.6) is 0 Å². The molecule has 3 nitrogen and oxygen atoms in total. The number of rotatable bonds is 3. The summed E-state index contributed by atoms with van der Waals surface area (Å²) in [6, 6.07) is 0. The molecule has 0 radical (unpaired) electrons. The molecule has 0 aromatic rings. The number of esters is 1. The molecule has 1 aliphatic rings. The third kappa shape index (κ3) is 5.98. The van der Waals surface area contributed by atoms with E-state index in [4.69, 9.17) is 7.50 Å². The van der Waals surface area contributed by atoms with Crippen LogP contribution in [0.2, 0.25) is 6.82 Å². The normalized spacial score (nSPS) is 28.7. The molecular weight excluding hydrogens is 235 g/mol. The van der Waals surface area contributed by atoms with Crippen LogP contribution in [-0.4, -0.2) is 32.6 Å². The number of ether oxygens (including phenoxy) is 1. The Hall–Kier alpha value is -0.675. The van der Waals surface area contributed by atoms with E-state index >= 15 is 0 Å². The Bertz CT molecular complexity index is 334. The quantitative estimate of drug-likeness (QED) is 0.351. The number of carbonyl (C=O) groups is 1. The van der Waals surface area contributed by atoms with Crippen LogP contribution in [0.1, 0.15) is 20.3 Å². The van der Waals surface area contributed by atoms with Gasteiger partial charge in [-0.2, -0.15) is 0 Å². The SMILES string of the molecule is [2H]B(C)S.[3H]O[C@@H]1CC(C)=C[C@H](C=C)[C@H]1OC(C)=O. The first-order valence-electron chi connectivity index (χ1n) is 6.49. The average molecular weight is 259 g/mol. The van der Waals surface area contributed by atoms with E-state index in [2.05, 4.69) is 24.2 Å². The van der Waals surface area contributed by atoms with Gasteiger partial charge in [0.05, 0.1) is 6.10 Å². The molecule has 0 amide bonds. The van der Waals surface area contributed by atoms with Gasteiger partial charge in [0, 0.05) is 12.8 Å². The molecule has 0 aromatic carbocycles. The predicted octanol–water partition coefficient (Wildman–Crippen LogP) is 1.75. The van der Waals surface area contributed by atoms with Crippen molar-refractivity contribution in [2.75, 3.05) is 0 Å². The summed E-state index contributed by atoms with van der Waals surface area (Å²) in [5.41, 5.74) is 1.13. The van der Waals surface area contributed by atoms with Gasteiger partial charge in [0.15, 0.2) is 6.52 Å². The first-order chi connectivity index (χ1) is 8.81. The van der Waals surface area contributed by atoms with Gasteiger partial charge < -0.3 is 9.85 Å². The Morgan fingerprint density at radius 3 is 3.00 bits per heavy atom. The van der Waals surface area contributed by atoms with Crippen LogP contribution in [0.15, 0.2) is 24.3 Å². The molecule has 0 spiro atoms. The van der Waals surface area contributed by atoms with Crippen LogP contribution in [0.3, 0.4) is 0 Å². The van der Waals surface area contributed by atoms with Crippen LogP contribution in [0, 0.1) is 5.92 Å². The van der Waals surface area contributed by atoms with Crippen molar-refractivity contribution in [1.82, 2.24) is 0 Å². The summed E-state index contributed by atoms with van der Waals surface area (Å²) in [5.74, 6) is -0.431. The smallest absolute Gasteiger partial charge is 0.303 e. The number of aliphatic hydroxyl groups is 1. The van der Waals surface area contributed by atoms with Gasteiger partial charge in [-0.05, 0) is 14.7 Å². The topological polar surface area (TPSA) is 46.5 Å². The van der Waals surface area contributed by atoms with E-state index in [1.165, 1.54) is 6.92 Å². The molecule has 1 N–H and O–H groups in total. The van der Waals surface area contributed by atoms with Gasteiger partial charge in [0.1, 0.15) is 6.10 Å². The van der Waals surface area contributed by atoms with Crippen LogP contribution in [-0.2, 0) is 9.53 Å². The molecule has 0 heterocycles. The lowest BCUT2D eigenvalue weighted by Crippen LogP contribution is -2.38. The molecule has 1 aliphatic carbocycles. The minimum absolute atomic E-state index is 0.0713. The van der Waals surface area contributed by atoms with Crippen molar-refractivity contribution in [1.29, 1.82) is 2.77 Å². The number of hydrogen-bond donors (Lipinski definition) is 2. The van der Waals surface area contributed by atoms with Crippen LogP contribution in [0.4, 0.5) is 0 Å². The Kier molecular flexibility index (Phi) is 6.33. The van der Waals surface area contributed by atoms with E-state index in [9.17, 15) is 4.79 Å². The second-order valence-corrected chi connectivity index (χ2v) is 4.42. The van der Waals surface area contributed by atoms with Crippen molar-refractivity contribution < 1.29 is 14.6 Å². The van der Waals surface area contributed by atoms with Gasteiger partial charge in [-0.1, -0.05) is 24.5 Å². The van der Waals surface area contributed by atoms with Crippen LogP contribution < -0.4 is 0 Å². The molecule has 0 bridgehead atoms. The summed E-state index contributed by atoms with van der Waals surface area (Å²) in [6.07, 6.45) is 3.49. The molecule has 0 saturated carbocycles. The molecule has 0 aliphatic heterocycles. The maximum atomic E-state index is 10.9. The van der Waals surface area contributed by atoms with Gasteiger partial charge >= 0.3 is 5.97 Å². The number of carbonyl (C=O) groups excluding carboxylic acids is 1. The predicted molar refractivity (Wildman–Crippen MR) is 75.6 cm³/mol. The summed E-state index contributed by atoms with van der Waals surface area (Å²) in [5, 5.41) is 4.59. The molecule has 0 unspecified atom stereocenters. The molecule has 0 fully saturated rings. The standard InChI is InChI=1S/C11H16O3.CH5BS/c1-4-9-5-7(2)6-10(13)11(9)14-8(3)12;1-2-3/h4-5,9-11,13H,1,6H2,2-3H3;2-3H,1H3/t9-,10+,11+;/m0./s1/i13T;2D. The van der Waals surface area contributed by atoms with Crippen molar-refractivity contribution >= 4 is 25.0 Å². The van der Waals surface area contributed by atoms with Crippen molar-refractivity contribution in [2.45, 2.75) is 39.3 Å². The molecule has 3 atom stereocenters. The van der Waals surface area contributed by atoms with Gasteiger partial charge in [0.25, 0.3) is 0 Å². The summed E-state index contributed by atoms with van der Waals surface area (Å²) in [4.78, 5) is 10.9. The molecule has 5 heteroatoms. The van der Waals surface area contributed by atoms with Crippen molar-refractivity contribution in [3.8, 4) is 0 Å². The van der Waals surface area contributed by atoms with E-state index in [1.807, 2.05) is 13.0 Å². The number of aliphatic hydroxyl groups excluding tert-OH is 1. The largest absolute Gasteiger partial charge is 0.459 e. The lowest BCUT2D eigenvalue weighted by Gasteiger charge is -2.31. The second-order valence-electron chi connectivity index (χ2n) is 3.90. The van der Waals surface area contributed by atoms with Crippen LogP contribution >= 0.6 is 12.5 Å². The monoisotopic (exact) mass is 259 g/mol. The van der Waals surface area contributed by atoms with E-state index in [-0.39, 0.29) is 18.4 Å². The van der Waals surface area contributed by atoms with Crippen molar-refractivity contribution in [3.05, 3.63) is 24.3 Å². The zero-order valence-corrected chi connectivity index (χ0v) is 11.4. The molecular formula is C12H21BO3S. The minimum atomic E-state index is -0.429. The van der Waals surface area contributed by atoms with E-state index in [0.717, 1.165) is 5.57 Å². The fraction of sp³-hybridized carbons (Fsp3) is 0.583. The average Bonchev–Trinajstić information content (AvgIpc) is 2.29. The molecule has 0 saturated heterocycles. The Morgan fingerprint density at radius 1 is 2.00 bits per heavy atom. The van der Waals surface area contributed by atoms with Gasteiger partial charge in [-0.3, -0.25) is 4.79 Å². The number of hydrogen-bond acceptors (Lipinski definition) is 4. The highest BCUT2D eigenvalue weighted by molar-refractivity contribution is 8.06. The maximum Gasteiger partial charge on any atom is 0.303 e. The maximum absolute atomic E-state index is 10.9. The highest BCUT2D eigenvalue weighted by Crippen LogP contribution is 2.26. The lowest BCUT2D eigenvalue weighted by molar-refractivity contribution is -0.154. The summed E-state index contributed by atoms with van der Waals surface area (Å²) in [7, 11) is 0. The lowest BCUT2D eigenvalue weighted by atomic mass is 9.86. The summed E-state index contributed by atoms with van der Waals surface area (Å²) in [6.45, 7) is 8.49. The van der Waals surface area contributed by atoms with Gasteiger partial charge in [-0.25, -0.2) is 12.5 Å².